The minimum absolute atomic E-state index is 0.408. The van der Waals surface area contributed by atoms with Crippen molar-refractivity contribution in [1.29, 1.82) is 0 Å². The van der Waals surface area contributed by atoms with Gasteiger partial charge in [0.05, 0.1) is 13.2 Å². The fourth-order valence-electron chi connectivity index (χ4n) is 2.72. The van der Waals surface area contributed by atoms with E-state index in [1.54, 1.807) is 0 Å². The van der Waals surface area contributed by atoms with Gasteiger partial charge in [0, 0.05) is 0 Å². The zero-order valence-corrected chi connectivity index (χ0v) is 10.7. The van der Waals surface area contributed by atoms with E-state index < -0.39 is 0 Å². The van der Waals surface area contributed by atoms with E-state index >= 15 is 0 Å². The Hall–Kier alpha value is -0.860. The number of hydrogen-bond acceptors (Lipinski definition) is 2. The summed E-state index contributed by atoms with van der Waals surface area (Å²) in [7, 11) is 0. The fraction of sp³-hybridized carbons (Fsp3) is 0.600. The lowest BCUT2D eigenvalue weighted by molar-refractivity contribution is 0.100. The summed E-state index contributed by atoms with van der Waals surface area (Å²) in [5, 5.41) is 0. The topological polar surface area (TPSA) is 35.2 Å². The van der Waals surface area contributed by atoms with E-state index in [2.05, 4.69) is 31.2 Å². The van der Waals surface area contributed by atoms with Crippen molar-refractivity contribution in [1.82, 2.24) is 0 Å². The predicted molar refractivity (Wildman–Crippen MR) is 70.6 cm³/mol. The van der Waals surface area contributed by atoms with Gasteiger partial charge in [-0.1, -0.05) is 43.7 Å². The molecule has 0 amide bonds. The Morgan fingerprint density at radius 2 is 2.12 bits per heavy atom. The second kappa shape index (κ2) is 5.65. The van der Waals surface area contributed by atoms with Gasteiger partial charge in [0.15, 0.2) is 0 Å². The Balaban J connectivity index is 1.71. The standard InChI is InChI=1S/C15H23NO/c1-2-8-15(12-16)9-14(15)11-17-10-13-6-4-3-5-7-13/h3-7,14H,2,8-12,16H2,1H3/t14-,15+/m0/s1. The summed E-state index contributed by atoms with van der Waals surface area (Å²) in [5.41, 5.74) is 7.53. The lowest BCUT2D eigenvalue weighted by Gasteiger charge is -2.13. The van der Waals surface area contributed by atoms with Crippen LogP contribution in [0.25, 0.3) is 0 Å². The molecule has 17 heavy (non-hydrogen) atoms. The Morgan fingerprint density at radius 1 is 1.35 bits per heavy atom. The molecule has 0 heterocycles. The summed E-state index contributed by atoms with van der Waals surface area (Å²) in [6, 6.07) is 10.4. The minimum Gasteiger partial charge on any atom is -0.376 e. The summed E-state index contributed by atoms with van der Waals surface area (Å²) in [5.74, 6) is 0.691. The van der Waals surface area contributed by atoms with Crippen LogP contribution in [0.4, 0.5) is 0 Å². The van der Waals surface area contributed by atoms with Crippen LogP contribution in [0.15, 0.2) is 30.3 Å². The smallest absolute Gasteiger partial charge is 0.0717 e. The third kappa shape index (κ3) is 3.08. The van der Waals surface area contributed by atoms with Gasteiger partial charge in [-0.05, 0) is 36.3 Å². The summed E-state index contributed by atoms with van der Waals surface area (Å²) >= 11 is 0. The van der Waals surface area contributed by atoms with Crippen LogP contribution in [0.2, 0.25) is 0 Å². The number of benzene rings is 1. The number of rotatable bonds is 7. The fourth-order valence-corrected chi connectivity index (χ4v) is 2.72. The third-order valence-electron chi connectivity index (χ3n) is 3.94. The monoisotopic (exact) mass is 233 g/mol. The SMILES string of the molecule is CCC[C@]1(CN)C[C@H]1COCc1ccccc1. The van der Waals surface area contributed by atoms with E-state index in [1.807, 2.05) is 6.07 Å². The van der Waals surface area contributed by atoms with E-state index in [0.29, 0.717) is 11.3 Å². The molecule has 0 spiro atoms. The molecule has 0 radical (unpaired) electrons. The maximum atomic E-state index is 5.87. The Kier molecular flexibility index (Phi) is 4.19. The van der Waals surface area contributed by atoms with Crippen molar-refractivity contribution < 1.29 is 4.74 Å². The largest absolute Gasteiger partial charge is 0.376 e. The van der Waals surface area contributed by atoms with Gasteiger partial charge in [-0.2, -0.15) is 0 Å². The van der Waals surface area contributed by atoms with Crippen molar-refractivity contribution in [2.75, 3.05) is 13.2 Å². The van der Waals surface area contributed by atoms with Gasteiger partial charge in [-0.25, -0.2) is 0 Å². The maximum absolute atomic E-state index is 5.87. The molecule has 0 aromatic heterocycles. The predicted octanol–water partition coefficient (Wildman–Crippen LogP) is 2.97. The van der Waals surface area contributed by atoms with Crippen LogP contribution in [0.1, 0.15) is 31.7 Å². The molecule has 2 heteroatoms. The highest BCUT2D eigenvalue weighted by atomic mass is 16.5. The highest BCUT2D eigenvalue weighted by Gasteiger charge is 2.51. The Bertz CT molecular complexity index is 338. The van der Waals surface area contributed by atoms with Crippen molar-refractivity contribution in [3.05, 3.63) is 35.9 Å². The van der Waals surface area contributed by atoms with Gasteiger partial charge in [-0.15, -0.1) is 0 Å². The first-order valence-corrected chi connectivity index (χ1v) is 6.62. The first-order valence-electron chi connectivity index (χ1n) is 6.62. The second-order valence-corrected chi connectivity index (χ2v) is 5.22. The van der Waals surface area contributed by atoms with Crippen molar-refractivity contribution in [2.24, 2.45) is 17.1 Å². The van der Waals surface area contributed by atoms with Crippen molar-refractivity contribution in [3.63, 3.8) is 0 Å². The lowest BCUT2D eigenvalue weighted by atomic mass is 9.98. The van der Waals surface area contributed by atoms with Crippen LogP contribution in [-0.2, 0) is 11.3 Å². The van der Waals surface area contributed by atoms with Gasteiger partial charge in [0.2, 0.25) is 0 Å². The quantitative estimate of drug-likeness (QED) is 0.786. The van der Waals surface area contributed by atoms with Crippen LogP contribution >= 0.6 is 0 Å². The highest BCUT2D eigenvalue weighted by molar-refractivity contribution is 5.13. The molecular formula is C15H23NO. The molecule has 1 aromatic carbocycles. The molecule has 94 valence electrons. The number of hydrogen-bond donors (Lipinski definition) is 1. The second-order valence-electron chi connectivity index (χ2n) is 5.22. The van der Waals surface area contributed by atoms with Crippen LogP contribution in [-0.4, -0.2) is 13.2 Å². The molecular weight excluding hydrogens is 210 g/mol. The molecule has 1 saturated carbocycles. The average Bonchev–Trinajstić information content (AvgIpc) is 3.05. The third-order valence-corrected chi connectivity index (χ3v) is 3.94. The molecule has 0 bridgehead atoms. The first-order chi connectivity index (χ1) is 8.30. The Morgan fingerprint density at radius 3 is 2.76 bits per heavy atom. The molecule has 2 N–H and O–H groups in total. The molecule has 0 saturated heterocycles. The Labute approximate surface area is 104 Å². The molecule has 1 aliphatic rings. The maximum Gasteiger partial charge on any atom is 0.0717 e. The lowest BCUT2D eigenvalue weighted by Crippen LogP contribution is -2.19. The summed E-state index contributed by atoms with van der Waals surface area (Å²) in [4.78, 5) is 0. The molecule has 1 aliphatic carbocycles. The molecule has 0 unspecified atom stereocenters. The molecule has 0 aliphatic heterocycles. The molecule has 2 atom stereocenters. The first kappa shape index (κ1) is 12.6. The van der Waals surface area contributed by atoms with Crippen molar-refractivity contribution in [2.45, 2.75) is 32.8 Å². The molecule has 2 rings (SSSR count). The van der Waals surface area contributed by atoms with Crippen LogP contribution < -0.4 is 5.73 Å². The van der Waals surface area contributed by atoms with Crippen LogP contribution in [0.5, 0.6) is 0 Å². The molecule has 1 aromatic rings. The van der Waals surface area contributed by atoms with E-state index in [4.69, 9.17) is 10.5 Å². The van der Waals surface area contributed by atoms with Gasteiger partial charge >= 0.3 is 0 Å². The zero-order valence-electron chi connectivity index (χ0n) is 10.7. The highest BCUT2D eigenvalue weighted by Crippen LogP contribution is 2.55. The van der Waals surface area contributed by atoms with Gasteiger partial charge in [-0.3, -0.25) is 0 Å². The number of ether oxygens (including phenoxy) is 1. The molecule has 2 nitrogen and oxygen atoms in total. The minimum atomic E-state index is 0.408. The van der Waals surface area contributed by atoms with Gasteiger partial charge in [0.1, 0.15) is 0 Å². The van der Waals surface area contributed by atoms with Crippen molar-refractivity contribution >= 4 is 0 Å². The summed E-state index contributed by atoms with van der Waals surface area (Å²) in [6.45, 7) is 4.65. The van der Waals surface area contributed by atoms with Crippen LogP contribution in [0.3, 0.4) is 0 Å². The normalized spacial score (nSPS) is 27.1. The van der Waals surface area contributed by atoms with Crippen molar-refractivity contribution in [3.8, 4) is 0 Å². The van der Waals surface area contributed by atoms with Crippen LogP contribution in [0, 0.1) is 11.3 Å². The van der Waals surface area contributed by atoms with E-state index in [9.17, 15) is 0 Å². The summed E-state index contributed by atoms with van der Waals surface area (Å²) in [6.07, 6.45) is 3.74. The summed E-state index contributed by atoms with van der Waals surface area (Å²) < 4.78 is 5.79. The zero-order chi connectivity index (χ0) is 12.1. The average molecular weight is 233 g/mol. The molecule has 1 fully saturated rings. The van der Waals surface area contributed by atoms with Gasteiger partial charge in [0.25, 0.3) is 0 Å². The van der Waals surface area contributed by atoms with E-state index in [1.165, 1.54) is 24.8 Å². The number of nitrogens with two attached hydrogens (primary N) is 1. The van der Waals surface area contributed by atoms with Gasteiger partial charge < -0.3 is 10.5 Å². The van der Waals surface area contributed by atoms with E-state index in [0.717, 1.165) is 19.8 Å². The van der Waals surface area contributed by atoms with E-state index in [-0.39, 0.29) is 0 Å².